The number of nitrogens with zero attached hydrogens (tertiary/aromatic N) is 2. The molecule has 0 unspecified atom stereocenters. The van der Waals surface area contributed by atoms with Gasteiger partial charge in [0.1, 0.15) is 24.1 Å². The number of aliphatic imine (C=N–C) groups is 1. The van der Waals surface area contributed by atoms with Crippen molar-refractivity contribution in [1.29, 1.82) is 10.8 Å². The van der Waals surface area contributed by atoms with E-state index in [0.29, 0.717) is 46.1 Å². The van der Waals surface area contributed by atoms with Gasteiger partial charge in [-0.2, -0.15) is 0 Å². The fourth-order valence-electron chi connectivity index (χ4n) is 3.44. The maximum absolute atomic E-state index is 14.1. The smallest absolute Gasteiger partial charge is 0.166 e. The van der Waals surface area contributed by atoms with Crippen LogP contribution in [0.15, 0.2) is 41.0 Å². The van der Waals surface area contributed by atoms with Crippen LogP contribution in [-0.4, -0.2) is 36.0 Å². The molecule has 0 saturated carbocycles. The van der Waals surface area contributed by atoms with Gasteiger partial charge in [0.2, 0.25) is 0 Å². The zero-order valence-electron chi connectivity index (χ0n) is 17.7. The van der Waals surface area contributed by atoms with Crippen LogP contribution in [0.3, 0.4) is 0 Å². The highest BCUT2D eigenvalue weighted by Gasteiger charge is 2.22. The van der Waals surface area contributed by atoms with Gasteiger partial charge in [-0.1, -0.05) is 0 Å². The fraction of sp³-hybridized carbons (Fsp3) is 0.273. The number of amidine groups is 1. The van der Waals surface area contributed by atoms with E-state index in [9.17, 15) is 4.39 Å². The highest BCUT2D eigenvalue weighted by Crippen LogP contribution is 2.31. The second-order valence-corrected chi connectivity index (χ2v) is 7.07. The minimum absolute atomic E-state index is 0.209. The van der Waals surface area contributed by atoms with Gasteiger partial charge in [-0.25, -0.2) is 14.4 Å². The molecule has 0 aliphatic carbocycles. The van der Waals surface area contributed by atoms with Gasteiger partial charge < -0.3 is 26.5 Å². The first-order valence-corrected chi connectivity index (χ1v) is 9.91. The number of hydrogen-bond acceptors (Lipinski definition) is 6. The summed E-state index contributed by atoms with van der Waals surface area (Å²) in [4.78, 5) is 8.41. The SMILES string of the molecule is CCN/C1=C(\C(C)=N)CN/C(=N\C=N)c2ccc(F)cc2[C@@H](C)Oc2cc1cnc2N. The Morgan fingerprint density at radius 2 is 2.23 bits per heavy atom. The molecule has 31 heavy (non-hydrogen) atoms. The van der Waals surface area contributed by atoms with Crippen molar-refractivity contribution in [3.63, 3.8) is 0 Å². The van der Waals surface area contributed by atoms with E-state index in [2.05, 4.69) is 20.6 Å². The quantitative estimate of drug-likeness (QED) is 0.380. The zero-order chi connectivity index (χ0) is 22.5. The fourth-order valence-corrected chi connectivity index (χ4v) is 3.44. The van der Waals surface area contributed by atoms with Gasteiger partial charge >= 0.3 is 0 Å². The lowest BCUT2D eigenvalue weighted by atomic mass is 10.00. The van der Waals surface area contributed by atoms with E-state index in [1.165, 1.54) is 12.1 Å². The minimum atomic E-state index is -0.572. The summed E-state index contributed by atoms with van der Waals surface area (Å²) in [6, 6.07) is 6.07. The zero-order valence-corrected chi connectivity index (χ0v) is 17.7. The van der Waals surface area contributed by atoms with Crippen molar-refractivity contribution in [2.24, 2.45) is 4.99 Å². The van der Waals surface area contributed by atoms with Crippen molar-refractivity contribution in [1.82, 2.24) is 15.6 Å². The summed E-state index contributed by atoms with van der Waals surface area (Å²) in [7, 11) is 0. The third kappa shape index (κ3) is 4.71. The van der Waals surface area contributed by atoms with Crippen LogP contribution in [-0.2, 0) is 0 Å². The molecule has 2 bridgehead atoms. The molecule has 2 aromatic rings. The third-order valence-electron chi connectivity index (χ3n) is 4.92. The number of halogens is 1. The summed E-state index contributed by atoms with van der Waals surface area (Å²) in [5, 5.41) is 22.3. The van der Waals surface area contributed by atoms with E-state index in [0.717, 1.165) is 12.0 Å². The molecule has 1 aromatic carbocycles. The van der Waals surface area contributed by atoms with Crippen LogP contribution in [0, 0.1) is 16.6 Å². The number of hydrogen-bond donors (Lipinski definition) is 5. The highest BCUT2D eigenvalue weighted by molar-refractivity contribution is 6.06. The van der Waals surface area contributed by atoms with Gasteiger partial charge in [-0.05, 0) is 45.0 Å². The van der Waals surface area contributed by atoms with Crippen molar-refractivity contribution in [3.8, 4) is 5.75 Å². The first-order valence-electron chi connectivity index (χ1n) is 9.91. The van der Waals surface area contributed by atoms with Gasteiger partial charge in [0, 0.05) is 53.0 Å². The molecule has 8 nitrogen and oxygen atoms in total. The Balaban J connectivity index is 2.28. The second kappa shape index (κ2) is 9.38. The molecule has 1 aliphatic rings. The van der Waals surface area contributed by atoms with E-state index in [1.54, 1.807) is 32.2 Å². The maximum Gasteiger partial charge on any atom is 0.166 e. The predicted octanol–water partition coefficient (Wildman–Crippen LogP) is 3.26. The van der Waals surface area contributed by atoms with Crippen LogP contribution in [0.25, 0.3) is 5.70 Å². The Morgan fingerprint density at radius 3 is 2.90 bits per heavy atom. The topological polar surface area (TPSA) is 132 Å². The van der Waals surface area contributed by atoms with Crippen LogP contribution >= 0.6 is 0 Å². The molecule has 1 aromatic heterocycles. The Morgan fingerprint density at radius 1 is 1.45 bits per heavy atom. The second-order valence-electron chi connectivity index (χ2n) is 7.07. The largest absolute Gasteiger partial charge is 0.482 e. The molecule has 6 N–H and O–H groups in total. The summed E-state index contributed by atoms with van der Waals surface area (Å²) >= 11 is 0. The molecule has 1 atom stereocenters. The van der Waals surface area contributed by atoms with E-state index in [1.807, 2.05) is 6.92 Å². The average molecular weight is 423 g/mol. The van der Waals surface area contributed by atoms with E-state index in [4.69, 9.17) is 21.3 Å². The molecule has 2 heterocycles. The molecule has 162 valence electrons. The molecule has 0 amide bonds. The van der Waals surface area contributed by atoms with Crippen LogP contribution in [0.4, 0.5) is 10.2 Å². The van der Waals surface area contributed by atoms with E-state index >= 15 is 0 Å². The summed E-state index contributed by atoms with van der Waals surface area (Å²) in [5.74, 6) is 0.531. The lowest BCUT2D eigenvalue weighted by Crippen LogP contribution is -2.32. The predicted molar refractivity (Wildman–Crippen MR) is 121 cm³/mol. The highest BCUT2D eigenvalue weighted by atomic mass is 19.1. The standard InChI is InChI=1S/C22H26FN7O/c1-4-27-20-14-7-19(21(26)28-9-14)31-13(3)17-8-15(23)5-6-16(17)22(30-11-24)29-10-18(20)12(2)25/h5-9,11,13,25,27H,4,10H2,1-3H3,(H2,26,28)(H2,24,29,30)/b20-18-,25-12?/t13-/m1/s1. The van der Waals surface area contributed by atoms with E-state index < -0.39 is 11.9 Å². The maximum atomic E-state index is 14.1. The number of pyridine rings is 1. The average Bonchev–Trinajstić information content (AvgIpc) is 2.73. The molecule has 0 radical (unpaired) electrons. The van der Waals surface area contributed by atoms with Gasteiger partial charge in [0.05, 0.1) is 0 Å². The van der Waals surface area contributed by atoms with Gasteiger partial charge in [-0.15, -0.1) is 0 Å². The Hall–Kier alpha value is -3.75. The summed E-state index contributed by atoms with van der Waals surface area (Å²) in [6.45, 7) is 6.33. The lowest BCUT2D eigenvalue weighted by Gasteiger charge is -2.24. The molecule has 1 aliphatic heterocycles. The molecule has 0 fully saturated rings. The van der Waals surface area contributed by atoms with Crippen molar-refractivity contribution in [2.75, 3.05) is 18.8 Å². The Kier molecular flexibility index (Phi) is 6.64. The van der Waals surface area contributed by atoms with Gasteiger partial charge in [-0.3, -0.25) is 5.41 Å². The van der Waals surface area contributed by atoms with E-state index in [-0.39, 0.29) is 12.4 Å². The number of nitrogens with one attached hydrogen (secondary N) is 4. The number of anilines is 1. The molecule has 9 heteroatoms. The normalized spacial score (nSPS) is 19.9. The van der Waals surface area contributed by atoms with Crippen LogP contribution in [0.2, 0.25) is 0 Å². The van der Waals surface area contributed by atoms with Crippen LogP contribution < -0.4 is 21.1 Å². The van der Waals surface area contributed by atoms with Gasteiger partial charge in [0.25, 0.3) is 0 Å². The Bertz CT molecular complexity index is 1080. The number of rotatable bonds is 4. The third-order valence-corrected chi connectivity index (χ3v) is 4.92. The number of ether oxygens (including phenoxy) is 1. The van der Waals surface area contributed by atoms with Crippen LogP contribution in [0.1, 0.15) is 43.6 Å². The Labute approximate surface area is 180 Å². The monoisotopic (exact) mass is 423 g/mol. The molecular weight excluding hydrogens is 397 g/mol. The number of benzene rings is 1. The first-order chi connectivity index (χ1) is 14.8. The lowest BCUT2D eigenvalue weighted by molar-refractivity contribution is 0.227. The number of nitrogens with two attached hydrogens (primary N) is 1. The van der Waals surface area contributed by atoms with Crippen molar-refractivity contribution < 1.29 is 9.13 Å². The summed E-state index contributed by atoms with van der Waals surface area (Å²) < 4.78 is 20.2. The first kappa shape index (κ1) is 21.9. The molecule has 0 spiro atoms. The molecule has 3 rings (SSSR count). The number of aromatic nitrogens is 1. The number of fused-ring (bicyclic) bond motifs is 3. The van der Waals surface area contributed by atoms with Crippen molar-refractivity contribution >= 4 is 29.4 Å². The summed E-state index contributed by atoms with van der Waals surface area (Å²) in [5.41, 5.74) is 9.67. The molecule has 0 saturated heterocycles. The van der Waals surface area contributed by atoms with Crippen molar-refractivity contribution in [3.05, 3.63) is 58.5 Å². The van der Waals surface area contributed by atoms with Crippen LogP contribution in [0.5, 0.6) is 5.75 Å². The number of nitrogen functional groups attached to an aromatic ring is 1. The van der Waals surface area contributed by atoms with Gasteiger partial charge in [0.15, 0.2) is 11.6 Å². The summed E-state index contributed by atoms with van der Waals surface area (Å²) in [6.07, 6.45) is 1.97. The molecular formula is C22H26FN7O. The van der Waals surface area contributed by atoms with Crippen molar-refractivity contribution in [2.45, 2.75) is 26.9 Å². The minimum Gasteiger partial charge on any atom is -0.482 e.